The summed E-state index contributed by atoms with van der Waals surface area (Å²) < 4.78 is 52.4. The predicted octanol–water partition coefficient (Wildman–Crippen LogP) is 2.43. The first-order valence-corrected chi connectivity index (χ1v) is 11.6. The van der Waals surface area contributed by atoms with E-state index in [2.05, 4.69) is 11.3 Å². The van der Waals surface area contributed by atoms with Gasteiger partial charge in [0.15, 0.2) is 0 Å². The van der Waals surface area contributed by atoms with E-state index in [0.29, 0.717) is 19.5 Å². The van der Waals surface area contributed by atoms with E-state index in [-0.39, 0.29) is 17.4 Å². The Labute approximate surface area is 160 Å². The van der Waals surface area contributed by atoms with E-state index in [1.165, 1.54) is 4.31 Å². The van der Waals surface area contributed by atoms with Crippen molar-refractivity contribution in [3.05, 3.63) is 66.6 Å². The van der Waals surface area contributed by atoms with Crippen LogP contribution < -0.4 is 4.72 Å². The average molecular weight is 407 g/mol. The molecule has 144 valence electrons. The summed E-state index contributed by atoms with van der Waals surface area (Å²) in [7, 11) is -7.09. The Morgan fingerprint density at radius 3 is 2.26 bits per heavy atom. The van der Waals surface area contributed by atoms with E-state index in [1.807, 2.05) is 30.3 Å². The molecule has 27 heavy (non-hydrogen) atoms. The maximum absolute atomic E-state index is 12.9. The van der Waals surface area contributed by atoms with Gasteiger partial charge in [-0.3, -0.25) is 0 Å². The minimum atomic E-state index is -3.59. The zero-order valence-electron chi connectivity index (χ0n) is 14.8. The van der Waals surface area contributed by atoms with E-state index in [4.69, 9.17) is 0 Å². The molecule has 0 amide bonds. The van der Waals surface area contributed by atoms with Gasteiger partial charge in [-0.1, -0.05) is 49.0 Å². The molecule has 0 bridgehead atoms. The van der Waals surface area contributed by atoms with Crippen molar-refractivity contribution >= 4 is 20.0 Å². The molecule has 1 atom stereocenters. The van der Waals surface area contributed by atoms with Gasteiger partial charge >= 0.3 is 0 Å². The molecule has 0 aromatic heterocycles. The number of sulfonamides is 2. The fraction of sp³-hybridized carbons (Fsp3) is 0.263. The van der Waals surface area contributed by atoms with Crippen LogP contribution in [-0.4, -0.2) is 40.8 Å². The van der Waals surface area contributed by atoms with Crippen LogP contribution in [0, 0.1) is 5.92 Å². The molecule has 1 aliphatic heterocycles. The standard InChI is InChI=1S/C19H22N2O4S2/c1-2-26(22,23)20-14-16-12-13-21(15-16)27(24,25)19-10-8-18(9-11-19)17-6-4-3-5-7-17/h2-11,16,20H,1,12-15H2. The fourth-order valence-electron chi connectivity index (χ4n) is 3.07. The van der Waals surface area contributed by atoms with Crippen molar-refractivity contribution in [2.24, 2.45) is 5.92 Å². The largest absolute Gasteiger partial charge is 0.243 e. The molecule has 0 radical (unpaired) electrons. The highest BCUT2D eigenvalue weighted by molar-refractivity contribution is 7.92. The first-order chi connectivity index (χ1) is 12.8. The van der Waals surface area contributed by atoms with E-state index >= 15 is 0 Å². The number of nitrogens with zero attached hydrogens (tertiary/aromatic N) is 1. The van der Waals surface area contributed by atoms with Crippen LogP contribution in [0.1, 0.15) is 6.42 Å². The van der Waals surface area contributed by atoms with Gasteiger partial charge in [0.2, 0.25) is 20.0 Å². The predicted molar refractivity (Wildman–Crippen MR) is 106 cm³/mol. The van der Waals surface area contributed by atoms with Crippen LogP contribution in [0.3, 0.4) is 0 Å². The molecule has 0 saturated carbocycles. The molecule has 1 N–H and O–H groups in total. The number of nitrogens with one attached hydrogen (secondary N) is 1. The van der Waals surface area contributed by atoms with Crippen molar-refractivity contribution in [2.75, 3.05) is 19.6 Å². The summed E-state index contributed by atoms with van der Waals surface area (Å²) in [6.45, 7) is 4.12. The van der Waals surface area contributed by atoms with Gasteiger partial charge in [-0.25, -0.2) is 21.6 Å². The Hall–Kier alpha value is -2.00. The Kier molecular flexibility index (Phi) is 5.81. The second kappa shape index (κ2) is 7.93. The molecular formula is C19H22N2O4S2. The minimum absolute atomic E-state index is 0.0573. The highest BCUT2D eigenvalue weighted by Gasteiger charge is 2.32. The molecular weight excluding hydrogens is 384 g/mol. The molecule has 0 aliphatic carbocycles. The third kappa shape index (κ3) is 4.65. The van der Waals surface area contributed by atoms with Crippen LogP contribution in [0.2, 0.25) is 0 Å². The van der Waals surface area contributed by atoms with Gasteiger partial charge in [-0.15, -0.1) is 0 Å². The molecule has 1 heterocycles. The summed E-state index contributed by atoms with van der Waals surface area (Å²) in [5, 5.41) is 0.852. The van der Waals surface area contributed by atoms with E-state index in [1.54, 1.807) is 24.3 Å². The maximum atomic E-state index is 12.9. The Bertz CT molecular complexity index is 1000. The molecule has 2 aromatic rings. The number of hydrogen-bond donors (Lipinski definition) is 1. The maximum Gasteiger partial charge on any atom is 0.243 e. The fourth-order valence-corrected chi connectivity index (χ4v) is 5.19. The SMILES string of the molecule is C=CS(=O)(=O)NCC1CCN(S(=O)(=O)c2ccc(-c3ccccc3)cc2)C1. The lowest BCUT2D eigenvalue weighted by molar-refractivity contribution is 0.455. The Morgan fingerprint density at radius 1 is 1.00 bits per heavy atom. The second-order valence-corrected chi connectivity index (χ2v) is 10.1. The molecule has 1 fully saturated rings. The van der Waals surface area contributed by atoms with E-state index in [9.17, 15) is 16.8 Å². The smallest absolute Gasteiger partial charge is 0.211 e. The molecule has 1 aliphatic rings. The second-order valence-electron chi connectivity index (χ2n) is 6.47. The van der Waals surface area contributed by atoms with Crippen LogP contribution in [-0.2, 0) is 20.0 Å². The third-order valence-electron chi connectivity index (χ3n) is 4.64. The van der Waals surface area contributed by atoms with Crippen molar-refractivity contribution < 1.29 is 16.8 Å². The van der Waals surface area contributed by atoms with Crippen molar-refractivity contribution in [1.29, 1.82) is 0 Å². The van der Waals surface area contributed by atoms with Crippen LogP contribution >= 0.6 is 0 Å². The third-order valence-corrected chi connectivity index (χ3v) is 7.53. The normalized spacial score (nSPS) is 18.4. The number of rotatable bonds is 7. The van der Waals surface area contributed by atoms with Crippen molar-refractivity contribution in [1.82, 2.24) is 9.03 Å². The first-order valence-electron chi connectivity index (χ1n) is 8.59. The molecule has 1 unspecified atom stereocenters. The summed E-state index contributed by atoms with van der Waals surface area (Å²) in [6, 6.07) is 16.6. The number of benzene rings is 2. The zero-order valence-corrected chi connectivity index (χ0v) is 16.4. The lowest BCUT2D eigenvalue weighted by Crippen LogP contribution is -2.32. The first kappa shape index (κ1) is 19.8. The Morgan fingerprint density at radius 2 is 1.63 bits per heavy atom. The van der Waals surface area contributed by atoms with Crippen molar-refractivity contribution in [2.45, 2.75) is 11.3 Å². The van der Waals surface area contributed by atoms with Gasteiger partial charge in [-0.2, -0.15) is 4.31 Å². The van der Waals surface area contributed by atoms with E-state index < -0.39 is 20.0 Å². The number of hydrogen-bond acceptors (Lipinski definition) is 4. The summed E-state index contributed by atoms with van der Waals surface area (Å²) in [5.41, 5.74) is 1.98. The molecule has 3 rings (SSSR count). The van der Waals surface area contributed by atoms with E-state index in [0.717, 1.165) is 16.5 Å². The average Bonchev–Trinajstić information content (AvgIpc) is 3.17. The molecule has 8 heteroatoms. The summed E-state index contributed by atoms with van der Waals surface area (Å²) >= 11 is 0. The quantitative estimate of drug-likeness (QED) is 0.765. The van der Waals surface area contributed by atoms with Crippen LogP contribution in [0.5, 0.6) is 0 Å². The van der Waals surface area contributed by atoms with Crippen LogP contribution in [0.25, 0.3) is 11.1 Å². The van der Waals surface area contributed by atoms with Gasteiger partial charge in [0, 0.05) is 25.0 Å². The summed E-state index contributed by atoms with van der Waals surface area (Å²) in [6.07, 6.45) is 0.612. The topological polar surface area (TPSA) is 83.6 Å². The van der Waals surface area contributed by atoms with Gasteiger partial charge in [0.25, 0.3) is 0 Å². The van der Waals surface area contributed by atoms with Gasteiger partial charge in [-0.05, 0) is 35.6 Å². The molecule has 2 aromatic carbocycles. The summed E-state index contributed by atoms with van der Waals surface area (Å²) in [5.74, 6) is -0.0573. The highest BCUT2D eigenvalue weighted by atomic mass is 32.2. The van der Waals surface area contributed by atoms with Crippen molar-refractivity contribution in [3.63, 3.8) is 0 Å². The van der Waals surface area contributed by atoms with Gasteiger partial charge < -0.3 is 0 Å². The minimum Gasteiger partial charge on any atom is -0.211 e. The van der Waals surface area contributed by atoms with Crippen LogP contribution in [0.4, 0.5) is 0 Å². The van der Waals surface area contributed by atoms with Crippen molar-refractivity contribution in [3.8, 4) is 11.1 Å². The van der Waals surface area contributed by atoms with Crippen LogP contribution in [0.15, 0.2) is 71.5 Å². The Balaban J connectivity index is 1.69. The van der Waals surface area contributed by atoms with Gasteiger partial charge in [0.1, 0.15) is 0 Å². The lowest BCUT2D eigenvalue weighted by atomic mass is 10.1. The lowest BCUT2D eigenvalue weighted by Gasteiger charge is -2.17. The molecule has 0 spiro atoms. The highest BCUT2D eigenvalue weighted by Crippen LogP contribution is 2.26. The molecule has 6 nitrogen and oxygen atoms in total. The monoisotopic (exact) mass is 406 g/mol. The molecule has 1 saturated heterocycles. The zero-order chi connectivity index (χ0) is 19.5. The summed E-state index contributed by atoms with van der Waals surface area (Å²) in [4.78, 5) is 0.245. The van der Waals surface area contributed by atoms with Gasteiger partial charge in [0.05, 0.1) is 4.90 Å².